The van der Waals surface area contributed by atoms with Crippen molar-refractivity contribution in [3.05, 3.63) is 17.7 Å². The number of rotatable bonds is 6. The third-order valence-corrected chi connectivity index (χ3v) is 4.36. The summed E-state index contributed by atoms with van der Waals surface area (Å²) in [7, 11) is 0. The first-order valence-electron chi connectivity index (χ1n) is 8.69. The number of nitrogens with one attached hydrogen (secondary N) is 2. The number of piperazine rings is 1. The molecule has 0 aromatic carbocycles. The summed E-state index contributed by atoms with van der Waals surface area (Å²) in [6, 6.07) is 0. The monoisotopic (exact) mass is 306 g/mol. The van der Waals surface area contributed by atoms with Gasteiger partial charge in [0.15, 0.2) is 0 Å². The van der Waals surface area contributed by atoms with Crippen molar-refractivity contribution in [2.45, 2.75) is 53.9 Å². The molecule has 126 valence electrons. The van der Waals surface area contributed by atoms with E-state index in [1.54, 1.807) is 0 Å². The summed E-state index contributed by atoms with van der Waals surface area (Å²) in [6.45, 7) is 17.4. The number of imidazole rings is 1. The van der Waals surface area contributed by atoms with Gasteiger partial charge in [-0.25, -0.2) is 4.98 Å². The Morgan fingerprint density at radius 1 is 1.09 bits per heavy atom. The fourth-order valence-corrected chi connectivity index (χ4v) is 3.09. The van der Waals surface area contributed by atoms with Crippen molar-refractivity contribution in [3.8, 4) is 0 Å². The second kappa shape index (κ2) is 7.14. The molecule has 4 heteroatoms. The molecule has 22 heavy (non-hydrogen) atoms. The lowest BCUT2D eigenvalue weighted by atomic mass is 9.84. The maximum absolute atomic E-state index is 4.56. The average Bonchev–Trinajstić information content (AvgIpc) is 2.82. The van der Waals surface area contributed by atoms with E-state index in [2.05, 4.69) is 54.8 Å². The molecule has 1 fully saturated rings. The number of aromatic nitrogens is 2. The molecule has 0 radical (unpaired) electrons. The first kappa shape index (κ1) is 17.5. The van der Waals surface area contributed by atoms with E-state index in [1.165, 1.54) is 31.7 Å². The Balaban J connectivity index is 1.82. The predicted octanol–water partition coefficient (Wildman–Crippen LogP) is 2.86. The molecule has 0 spiro atoms. The number of hydrogen-bond acceptors (Lipinski definition) is 3. The van der Waals surface area contributed by atoms with Gasteiger partial charge in [0.05, 0.1) is 0 Å². The number of H-pyrrole nitrogens is 1. The number of nitrogens with zero attached hydrogens (tertiary/aromatic N) is 2. The van der Waals surface area contributed by atoms with Crippen molar-refractivity contribution in [2.75, 3.05) is 32.7 Å². The first-order chi connectivity index (χ1) is 10.2. The van der Waals surface area contributed by atoms with Gasteiger partial charge < -0.3 is 15.2 Å². The van der Waals surface area contributed by atoms with E-state index in [9.17, 15) is 0 Å². The number of hydrogen-bond donors (Lipinski definition) is 2. The van der Waals surface area contributed by atoms with Crippen LogP contribution in [0.3, 0.4) is 0 Å². The zero-order valence-electron chi connectivity index (χ0n) is 15.1. The molecule has 1 aromatic rings. The lowest BCUT2D eigenvalue weighted by molar-refractivity contribution is 0.197. The van der Waals surface area contributed by atoms with Crippen LogP contribution in [-0.2, 0) is 12.8 Å². The van der Waals surface area contributed by atoms with E-state index in [4.69, 9.17) is 0 Å². The topological polar surface area (TPSA) is 44.0 Å². The summed E-state index contributed by atoms with van der Waals surface area (Å²) in [6.07, 6.45) is 5.36. The van der Waals surface area contributed by atoms with Crippen LogP contribution in [0.4, 0.5) is 0 Å². The van der Waals surface area contributed by atoms with E-state index < -0.39 is 0 Å². The third kappa shape index (κ3) is 6.09. The summed E-state index contributed by atoms with van der Waals surface area (Å²) in [5.74, 6) is 1.13. The third-order valence-electron chi connectivity index (χ3n) is 4.36. The first-order valence-corrected chi connectivity index (χ1v) is 8.69. The molecule has 1 saturated heterocycles. The maximum Gasteiger partial charge on any atom is 0.106 e. The highest BCUT2D eigenvalue weighted by Crippen LogP contribution is 2.26. The SMILES string of the molecule is CC(C)(C)Cc1ncc(CC(C)(C)CCN2CCNCC2)[nH]1. The summed E-state index contributed by atoms with van der Waals surface area (Å²) >= 11 is 0. The molecule has 2 N–H and O–H groups in total. The molecule has 0 amide bonds. The van der Waals surface area contributed by atoms with Crippen molar-refractivity contribution in [1.29, 1.82) is 0 Å². The van der Waals surface area contributed by atoms with Gasteiger partial charge in [-0.3, -0.25) is 0 Å². The Labute approximate surface area is 136 Å². The fraction of sp³-hybridized carbons (Fsp3) is 0.833. The van der Waals surface area contributed by atoms with Gasteiger partial charge >= 0.3 is 0 Å². The van der Waals surface area contributed by atoms with Crippen molar-refractivity contribution in [3.63, 3.8) is 0 Å². The summed E-state index contributed by atoms with van der Waals surface area (Å²) in [5, 5.41) is 3.42. The summed E-state index contributed by atoms with van der Waals surface area (Å²) < 4.78 is 0. The average molecular weight is 306 g/mol. The van der Waals surface area contributed by atoms with Crippen LogP contribution in [0.15, 0.2) is 6.20 Å². The van der Waals surface area contributed by atoms with Gasteiger partial charge in [-0.1, -0.05) is 34.6 Å². The van der Waals surface area contributed by atoms with E-state index in [0.717, 1.165) is 31.8 Å². The summed E-state index contributed by atoms with van der Waals surface area (Å²) in [5.41, 5.74) is 1.88. The molecular formula is C18H34N4. The second-order valence-electron chi connectivity index (χ2n) is 8.78. The zero-order chi connectivity index (χ0) is 16.2. The van der Waals surface area contributed by atoms with Gasteiger partial charge in [0, 0.05) is 44.5 Å². The van der Waals surface area contributed by atoms with Crippen LogP contribution in [0.25, 0.3) is 0 Å². The van der Waals surface area contributed by atoms with Gasteiger partial charge in [-0.05, 0) is 30.2 Å². The molecule has 1 aliphatic heterocycles. The fourth-order valence-electron chi connectivity index (χ4n) is 3.09. The lowest BCUT2D eigenvalue weighted by Gasteiger charge is -2.31. The molecule has 0 atom stereocenters. The standard InChI is InChI=1S/C18H34N4/c1-17(2,3)13-16-20-14-15(21-16)12-18(4,5)6-9-22-10-7-19-8-11-22/h14,19H,6-13H2,1-5H3,(H,20,21). The lowest BCUT2D eigenvalue weighted by Crippen LogP contribution is -2.44. The highest BCUT2D eigenvalue weighted by Gasteiger charge is 2.22. The minimum atomic E-state index is 0.285. The molecule has 0 bridgehead atoms. The smallest absolute Gasteiger partial charge is 0.106 e. The maximum atomic E-state index is 4.56. The minimum absolute atomic E-state index is 0.285. The van der Waals surface area contributed by atoms with Gasteiger partial charge in [0.1, 0.15) is 5.82 Å². The van der Waals surface area contributed by atoms with Crippen molar-refractivity contribution >= 4 is 0 Å². The molecule has 0 saturated carbocycles. The minimum Gasteiger partial charge on any atom is -0.346 e. The molecule has 1 aromatic heterocycles. The Morgan fingerprint density at radius 2 is 1.77 bits per heavy atom. The quantitative estimate of drug-likeness (QED) is 0.849. The largest absolute Gasteiger partial charge is 0.346 e. The second-order valence-corrected chi connectivity index (χ2v) is 8.78. The van der Waals surface area contributed by atoms with Crippen LogP contribution < -0.4 is 5.32 Å². The highest BCUT2D eigenvalue weighted by molar-refractivity contribution is 5.05. The van der Waals surface area contributed by atoms with Crippen LogP contribution in [0.2, 0.25) is 0 Å². The Morgan fingerprint density at radius 3 is 2.41 bits per heavy atom. The van der Waals surface area contributed by atoms with E-state index in [-0.39, 0.29) is 5.41 Å². The van der Waals surface area contributed by atoms with Crippen molar-refractivity contribution < 1.29 is 0 Å². The van der Waals surface area contributed by atoms with Crippen molar-refractivity contribution in [2.24, 2.45) is 10.8 Å². The molecule has 0 unspecified atom stereocenters. The van der Waals surface area contributed by atoms with Crippen LogP contribution in [0, 0.1) is 10.8 Å². The van der Waals surface area contributed by atoms with Gasteiger partial charge in [0.2, 0.25) is 0 Å². The molecular weight excluding hydrogens is 272 g/mol. The van der Waals surface area contributed by atoms with Crippen molar-refractivity contribution in [1.82, 2.24) is 20.2 Å². The Hall–Kier alpha value is -0.870. The van der Waals surface area contributed by atoms with Crippen LogP contribution in [0.5, 0.6) is 0 Å². The molecule has 0 aliphatic carbocycles. The normalized spacial score (nSPS) is 17.9. The van der Waals surface area contributed by atoms with E-state index in [1.807, 2.05) is 6.20 Å². The summed E-state index contributed by atoms with van der Waals surface area (Å²) in [4.78, 5) is 10.7. The molecule has 4 nitrogen and oxygen atoms in total. The van der Waals surface area contributed by atoms with Crippen LogP contribution >= 0.6 is 0 Å². The van der Waals surface area contributed by atoms with Gasteiger partial charge in [0.25, 0.3) is 0 Å². The van der Waals surface area contributed by atoms with Gasteiger partial charge in [-0.15, -0.1) is 0 Å². The number of aromatic amines is 1. The Kier molecular flexibility index (Phi) is 5.67. The molecule has 2 heterocycles. The van der Waals surface area contributed by atoms with E-state index in [0.29, 0.717) is 5.41 Å². The van der Waals surface area contributed by atoms with Crippen LogP contribution in [-0.4, -0.2) is 47.6 Å². The zero-order valence-corrected chi connectivity index (χ0v) is 15.1. The molecule has 2 rings (SSSR count). The van der Waals surface area contributed by atoms with E-state index >= 15 is 0 Å². The molecule has 1 aliphatic rings. The van der Waals surface area contributed by atoms with Crippen LogP contribution in [0.1, 0.15) is 52.6 Å². The highest BCUT2D eigenvalue weighted by atomic mass is 15.2. The predicted molar refractivity (Wildman–Crippen MR) is 93.2 cm³/mol. The van der Waals surface area contributed by atoms with Gasteiger partial charge in [-0.2, -0.15) is 0 Å². The Bertz CT molecular complexity index is 450.